The van der Waals surface area contributed by atoms with Crippen molar-refractivity contribution in [2.24, 2.45) is 11.8 Å². The number of ether oxygens (including phenoxy) is 1. The molecule has 1 aromatic heterocycles. The number of carboxylic acid groups (broad SMARTS) is 1. The van der Waals surface area contributed by atoms with E-state index in [0.717, 1.165) is 42.7 Å². The predicted molar refractivity (Wildman–Crippen MR) is 144 cm³/mol. The summed E-state index contributed by atoms with van der Waals surface area (Å²) in [6.45, 7) is 4.71. The molecule has 36 heavy (non-hydrogen) atoms. The highest BCUT2D eigenvalue weighted by molar-refractivity contribution is 7.99. The number of rotatable bonds is 11. The lowest BCUT2D eigenvalue weighted by Gasteiger charge is -2.38. The van der Waals surface area contributed by atoms with Gasteiger partial charge in [0.15, 0.2) is 0 Å². The average Bonchev–Trinajstić information content (AvgIpc) is 2.88. The first kappa shape index (κ1) is 26.4. The second-order valence-corrected chi connectivity index (χ2v) is 10.9. The van der Waals surface area contributed by atoms with Gasteiger partial charge in [0.05, 0.1) is 12.6 Å². The van der Waals surface area contributed by atoms with Gasteiger partial charge in [0, 0.05) is 41.7 Å². The maximum atomic E-state index is 15.5. The first-order valence-corrected chi connectivity index (χ1v) is 13.6. The van der Waals surface area contributed by atoms with Crippen LogP contribution in [0.15, 0.2) is 59.6 Å². The third-order valence-electron chi connectivity index (χ3n) is 7.22. The fourth-order valence-corrected chi connectivity index (χ4v) is 6.10. The van der Waals surface area contributed by atoms with Crippen LogP contribution in [0.4, 0.5) is 4.39 Å². The lowest BCUT2D eigenvalue weighted by molar-refractivity contribution is -0.139. The number of fused-ring (bicyclic) bond motifs is 1. The smallest absolute Gasteiger partial charge is 0.303 e. The minimum absolute atomic E-state index is 0.0436. The quantitative estimate of drug-likeness (QED) is 0.295. The highest BCUT2D eigenvalue weighted by atomic mass is 32.2. The Bertz CT molecular complexity index is 1160. The van der Waals surface area contributed by atoms with Crippen LogP contribution in [0.3, 0.4) is 0 Å². The van der Waals surface area contributed by atoms with Gasteiger partial charge in [0.25, 0.3) is 0 Å². The van der Waals surface area contributed by atoms with Crippen LogP contribution >= 0.6 is 11.8 Å². The number of likely N-dealkylation sites (tertiary alicyclic amines) is 1. The maximum absolute atomic E-state index is 15.5. The summed E-state index contributed by atoms with van der Waals surface area (Å²) in [7, 11) is 1.60. The number of nitrogens with zero attached hydrogens (tertiary/aromatic N) is 2. The van der Waals surface area contributed by atoms with Gasteiger partial charge >= 0.3 is 5.97 Å². The molecule has 5 nitrogen and oxygen atoms in total. The molecule has 1 aliphatic rings. The molecule has 0 unspecified atom stereocenters. The maximum Gasteiger partial charge on any atom is 0.303 e. The van der Waals surface area contributed by atoms with Crippen LogP contribution in [0.5, 0.6) is 5.75 Å². The lowest BCUT2D eigenvalue weighted by atomic mass is 9.79. The van der Waals surface area contributed by atoms with E-state index in [1.807, 2.05) is 30.0 Å². The molecule has 0 aliphatic carbocycles. The summed E-state index contributed by atoms with van der Waals surface area (Å²) in [6.07, 6.45) is 2.62. The molecule has 3 aromatic rings. The van der Waals surface area contributed by atoms with E-state index in [1.54, 1.807) is 19.4 Å². The SMILES string of the molecule is COc1ccc2nccc([C@H](F)CC[C@@H]3CCN(CCSc4ccc(C)cc4)C[C@@H]3CC(=O)O)c2c1. The van der Waals surface area contributed by atoms with Gasteiger partial charge < -0.3 is 14.7 Å². The summed E-state index contributed by atoms with van der Waals surface area (Å²) in [6, 6.07) is 15.8. The summed E-state index contributed by atoms with van der Waals surface area (Å²) in [5.41, 5.74) is 2.63. The standard InChI is InChI=1S/C29H35FN2O3S/c1-20-3-7-24(8-4-20)36-16-15-32-14-12-21(22(19-32)17-29(33)34)5-9-27(30)25-11-13-31-28-10-6-23(35-2)18-26(25)28/h3-4,6-8,10-11,13,18,21-22,27H,5,9,12,14-17,19H2,1-2H3,(H,33,34)/t21-,22+,27-/m1/s1. The fourth-order valence-electron chi connectivity index (χ4n) is 5.18. The number of thioether (sulfide) groups is 1. The number of carbonyl (C=O) groups is 1. The minimum atomic E-state index is -1.13. The van der Waals surface area contributed by atoms with Gasteiger partial charge in [0.2, 0.25) is 0 Å². The summed E-state index contributed by atoms with van der Waals surface area (Å²) < 4.78 is 20.8. The van der Waals surface area contributed by atoms with Crippen LogP contribution in [0.25, 0.3) is 10.9 Å². The molecule has 2 aromatic carbocycles. The van der Waals surface area contributed by atoms with Crippen LogP contribution in [0, 0.1) is 18.8 Å². The van der Waals surface area contributed by atoms with Crippen molar-refractivity contribution in [2.45, 2.75) is 43.7 Å². The topological polar surface area (TPSA) is 62.7 Å². The highest BCUT2D eigenvalue weighted by Gasteiger charge is 2.31. The lowest BCUT2D eigenvalue weighted by Crippen LogP contribution is -2.42. The van der Waals surface area contributed by atoms with Crippen molar-refractivity contribution in [2.75, 3.05) is 32.5 Å². The zero-order valence-electron chi connectivity index (χ0n) is 21.0. The third-order valence-corrected chi connectivity index (χ3v) is 8.21. The van der Waals surface area contributed by atoms with E-state index in [9.17, 15) is 9.90 Å². The van der Waals surface area contributed by atoms with Crippen molar-refractivity contribution >= 4 is 28.6 Å². The zero-order valence-corrected chi connectivity index (χ0v) is 21.8. The number of carboxylic acids is 1. The Morgan fingerprint density at radius 1 is 1.22 bits per heavy atom. The van der Waals surface area contributed by atoms with Crippen LogP contribution in [-0.2, 0) is 4.79 Å². The number of aryl methyl sites for hydroxylation is 1. The van der Waals surface area contributed by atoms with Gasteiger partial charge in [-0.05, 0) is 86.5 Å². The molecule has 192 valence electrons. The van der Waals surface area contributed by atoms with Gasteiger partial charge in [-0.25, -0.2) is 4.39 Å². The normalized spacial score (nSPS) is 19.3. The number of aromatic nitrogens is 1. The second-order valence-electron chi connectivity index (χ2n) is 9.70. The van der Waals surface area contributed by atoms with Gasteiger partial charge in [-0.3, -0.25) is 9.78 Å². The highest BCUT2D eigenvalue weighted by Crippen LogP contribution is 2.36. The predicted octanol–water partition coefficient (Wildman–Crippen LogP) is 6.55. The molecule has 1 saturated heterocycles. The number of pyridine rings is 1. The molecule has 0 saturated carbocycles. The van der Waals surface area contributed by atoms with Crippen molar-refractivity contribution in [3.63, 3.8) is 0 Å². The molecule has 4 rings (SSSR count). The van der Waals surface area contributed by atoms with E-state index in [1.165, 1.54) is 10.5 Å². The van der Waals surface area contributed by atoms with Gasteiger partial charge in [-0.15, -0.1) is 11.8 Å². The van der Waals surface area contributed by atoms with Gasteiger partial charge in [-0.1, -0.05) is 17.7 Å². The van der Waals surface area contributed by atoms with E-state index in [2.05, 4.69) is 41.1 Å². The molecular formula is C29H35FN2O3S. The molecule has 0 radical (unpaired) electrons. The number of benzene rings is 2. The molecule has 7 heteroatoms. The number of piperidine rings is 1. The van der Waals surface area contributed by atoms with Crippen molar-refractivity contribution < 1.29 is 19.0 Å². The van der Waals surface area contributed by atoms with Crippen LogP contribution < -0.4 is 4.74 Å². The van der Waals surface area contributed by atoms with Gasteiger partial charge in [-0.2, -0.15) is 0 Å². The molecule has 0 amide bonds. The largest absolute Gasteiger partial charge is 0.497 e. The Hall–Kier alpha value is -2.64. The number of methoxy groups -OCH3 is 1. The van der Waals surface area contributed by atoms with Gasteiger partial charge in [0.1, 0.15) is 11.9 Å². The summed E-state index contributed by atoms with van der Waals surface area (Å²) in [5.74, 6) is 1.13. The van der Waals surface area contributed by atoms with E-state index < -0.39 is 12.1 Å². The summed E-state index contributed by atoms with van der Waals surface area (Å²) in [5, 5.41) is 10.3. The molecular weight excluding hydrogens is 475 g/mol. The first-order chi connectivity index (χ1) is 17.4. The molecule has 0 bridgehead atoms. The minimum Gasteiger partial charge on any atom is -0.497 e. The fraction of sp³-hybridized carbons (Fsp3) is 0.448. The Morgan fingerprint density at radius 3 is 2.78 bits per heavy atom. The second kappa shape index (κ2) is 12.5. The molecule has 1 N–H and O–H groups in total. The molecule has 1 aliphatic heterocycles. The monoisotopic (exact) mass is 510 g/mol. The van der Waals surface area contributed by atoms with Crippen molar-refractivity contribution in [1.29, 1.82) is 0 Å². The third kappa shape index (κ3) is 6.98. The van der Waals surface area contributed by atoms with Crippen molar-refractivity contribution in [3.8, 4) is 5.75 Å². The number of halogens is 1. The number of hydrogen-bond acceptors (Lipinski definition) is 5. The van der Waals surface area contributed by atoms with Crippen LogP contribution in [0.2, 0.25) is 0 Å². The Kier molecular flexibility index (Phi) is 9.21. The average molecular weight is 511 g/mol. The van der Waals surface area contributed by atoms with Crippen LogP contribution in [-0.4, -0.2) is 53.5 Å². The molecule has 1 fully saturated rings. The van der Waals surface area contributed by atoms with E-state index in [0.29, 0.717) is 24.2 Å². The summed E-state index contributed by atoms with van der Waals surface area (Å²) in [4.78, 5) is 19.6. The van der Waals surface area contributed by atoms with Crippen molar-refractivity contribution in [1.82, 2.24) is 9.88 Å². The van der Waals surface area contributed by atoms with E-state index >= 15 is 4.39 Å². The van der Waals surface area contributed by atoms with E-state index in [-0.39, 0.29) is 18.3 Å². The first-order valence-electron chi connectivity index (χ1n) is 12.6. The molecule has 2 heterocycles. The van der Waals surface area contributed by atoms with E-state index in [4.69, 9.17) is 4.74 Å². The number of hydrogen-bond donors (Lipinski definition) is 1. The Morgan fingerprint density at radius 2 is 2.03 bits per heavy atom. The number of aliphatic carboxylic acids is 1. The summed E-state index contributed by atoms with van der Waals surface area (Å²) >= 11 is 1.83. The van der Waals surface area contributed by atoms with Crippen LogP contribution in [0.1, 0.15) is 43.0 Å². The number of alkyl halides is 1. The molecule has 3 atom stereocenters. The Labute approximate surface area is 217 Å². The Balaban J connectivity index is 1.34. The van der Waals surface area contributed by atoms with Crippen molar-refractivity contribution in [3.05, 3.63) is 65.9 Å². The zero-order chi connectivity index (χ0) is 25.5. The molecule has 0 spiro atoms.